The van der Waals surface area contributed by atoms with Gasteiger partial charge in [-0.1, -0.05) is 26.8 Å². The first-order valence-electron chi connectivity index (χ1n) is 9.06. The van der Waals surface area contributed by atoms with Crippen LogP contribution in [0.2, 0.25) is 0 Å². The molecule has 0 radical (unpaired) electrons. The predicted molar refractivity (Wildman–Crippen MR) is 104 cm³/mol. The van der Waals surface area contributed by atoms with Crippen LogP contribution in [0.1, 0.15) is 47.9 Å². The number of hydrogen-bond acceptors (Lipinski definition) is 4. The summed E-state index contributed by atoms with van der Waals surface area (Å²) in [6, 6.07) is 13.6. The van der Waals surface area contributed by atoms with Crippen LogP contribution in [-0.4, -0.2) is 25.0 Å². The summed E-state index contributed by atoms with van der Waals surface area (Å²) in [5, 5.41) is 0. The van der Waals surface area contributed by atoms with E-state index < -0.39 is 11.8 Å². The van der Waals surface area contributed by atoms with E-state index in [-0.39, 0.29) is 0 Å². The van der Waals surface area contributed by atoms with E-state index in [4.69, 9.17) is 9.47 Å². The normalized spacial score (nSPS) is 10.4. The highest BCUT2D eigenvalue weighted by atomic mass is 16.5. The average molecular weight is 370 g/mol. The van der Waals surface area contributed by atoms with Crippen molar-refractivity contribution in [2.75, 3.05) is 13.2 Å². The number of amides is 2. The van der Waals surface area contributed by atoms with Gasteiger partial charge in [-0.15, -0.1) is 0 Å². The van der Waals surface area contributed by atoms with Crippen LogP contribution in [0, 0.1) is 5.92 Å². The van der Waals surface area contributed by atoms with Gasteiger partial charge in [-0.2, -0.15) is 0 Å². The van der Waals surface area contributed by atoms with Crippen LogP contribution in [0.25, 0.3) is 0 Å². The van der Waals surface area contributed by atoms with Gasteiger partial charge in [0, 0.05) is 11.1 Å². The topological polar surface area (TPSA) is 76.7 Å². The molecule has 0 saturated carbocycles. The van der Waals surface area contributed by atoms with Gasteiger partial charge in [0.25, 0.3) is 11.8 Å². The van der Waals surface area contributed by atoms with Crippen LogP contribution in [0.3, 0.4) is 0 Å². The molecule has 0 aromatic heterocycles. The number of nitrogens with one attached hydrogen (secondary N) is 2. The van der Waals surface area contributed by atoms with Crippen molar-refractivity contribution in [3.05, 3.63) is 59.7 Å². The zero-order valence-electron chi connectivity index (χ0n) is 16.0. The fraction of sp³-hybridized carbons (Fsp3) is 0.333. The number of hydrogen-bond donors (Lipinski definition) is 2. The summed E-state index contributed by atoms with van der Waals surface area (Å²) in [4.78, 5) is 24.4. The molecule has 0 aliphatic rings. The van der Waals surface area contributed by atoms with Gasteiger partial charge >= 0.3 is 0 Å². The zero-order valence-corrected chi connectivity index (χ0v) is 16.0. The van der Waals surface area contributed by atoms with Crippen molar-refractivity contribution in [2.24, 2.45) is 5.92 Å². The van der Waals surface area contributed by atoms with Crippen molar-refractivity contribution >= 4 is 11.8 Å². The monoisotopic (exact) mass is 370 g/mol. The maximum Gasteiger partial charge on any atom is 0.269 e. The van der Waals surface area contributed by atoms with Crippen molar-refractivity contribution < 1.29 is 19.1 Å². The SMILES string of the molecule is CCCOc1cccc(C(=O)NNC(=O)c2ccc(OCC(C)C)cc2)c1. The summed E-state index contributed by atoms with van der Waals surface area (Å²) in [6.45, 7) is 7.34. The number of rotatable bonds is 8. The third kappa shape index (κ3) is 6.66. The standard InChI is InChI=1S/C21H26N2O4/c1-4-12-26-19-7-5-6-17(13-19)21(25)23-22-20(24)16-8-10-18(11-9-16)27-14-15(2)3/h5-11,13,15H,4,12,14H2,1-3H3,(H,22,24)(H,23,25). The number of carbonyl (C=O) groups is 2. The molecule has 27 heavy (non-hydrogen) atoms. The fourth-order valence-corrected chi connectivity index (χ4v) is 2.17. The number of carbonyl (C=O) groups excluding carboxylic acids is 2. The van der Waals surface area contributed by atoms with Crippen molar-refractivity contribution in [2.45, 2.75) is 27.2 Å². The Morgan fingerprint density at radius 1 is 0.889 bits per heavy atom. The van der Waals surface area contributed by atoms with E-state index in [1.807, 2.05) is 6.92 Å². The van der Waals surface area contributed by atoms with Crippen molar-refractivity contribution in [1.29, 1.82) is 0 Å². The molecule has 6 heteroatoms. The molecular weight excluding hydrogens is 344 g/mol. The fourth-order valence-electron chi connectivity index (χ4n) is 2.17. The lowest BCUT2D eigenvalue weighted by atomic mass is 10.2. The van der Waals surface area contributed by atoms with E-state index in [0.29, 0.717) is 41.8 Å². The second-order valence-electron chi connectivity index (χ2n) is 6.51. The number of ether oxygens (including phenoxy) is 2. The zero-order chi connectivity index (χ0) is 19.6. The Kier molecular flexibility index (Phi) is 7.67. The lowest BCUT2D eigenvalue weighted by molar-refractivity contribution is 0.0846. The summed E-state index contributed by atoms with van der Waals surface area (Å²) in [5.41, 5.74) is 5.65. The minimum atomic E-state index is -0.415. The maximum absolute atomic E-state index is 12.2. The Hall–Kier alpha value is -3.02. The quantitative estimate of drug-likeness (QED) is 0.696. The lowest BCUT2D eigenvalue weighted by Gasteiger charge is -2.10. The molecule has 0 heterocycles. The molecule has 0 fully saturated rings. The number of benzene rings is 2. The average Bonchev–Trinajstić information content (AvgIpc) is 2.69. The molecule has 0 aliphatic carbocycles. The third-order valence-electron chi connectivity index (χ3n) is 3.56. The van der Waals surface area contributed by atoms with Gasteiger partial charge in [0.15, 0.2) is 0 Å². The predicted octanol–water partition coefficient (Wildman–Crippen LogP) is 3.59. The van der Waals surface area contributed by atoms with Crippen LogP contribution in [0.5, 0.6) is 11.5 Å². The highest BCUT2D eigenvalue weighted by molar-refractivity contribution is 5.99. The number of hydrazine groups is 1. The molecule has 2 N–H and O–H groups in total. The van der Waals surface area contributed by atoms with Crippen LogP contribution in [0.4, 0.5) is 0 Å². The molecule has 0 spiro atoms. The third-order valence-corrected chi connectivity index (χ3v) is 3.56. The first-order chi connectivity index (χ1) is 13.0. The Morgan fingerprint density at radius 2 is 1.56 bits per heavy atom. The summed E-state index contributed by atoms with van der Waals surface area (Å²) in [6.07, 6.45) is 0.883. The van der Waals surface area contributed by atoms with Gasteiger partial charge in [0.2, 0.25) is 0 Å². The molecule has 0 saturated heterocycles. The van der Waals surface area contributed by atoms with Crippen molar-refractivity contribution in [3.63, 3.8) is 0 Å². The van der Waals surface area contributed by atoms with Gasteiger partial charge < -0.3 is 9.47 Å². The van der Waals surface area contributed by atoms with Crippen LogP contribution >= 0.6 is 0 Å². The Bertz CT molecular complexity index is 757. The molecule has 6 nitrogen and oxygen atoms in total. The van der Waals surface area contributed by atoms with Gasteiger partial charge in [-0.25, -0.2) is 0 Å². The van der Waals surface area contributed by atoms with E-state index in [1.54, 1.807) is 48.5 Å². The summed E-state index contributed by atoms with van der Waals surface area (Å²) >= 11 is 0. The van der Waals surface area contributed by atoms with Crippen molar-refractivity contribution in [1.82, 2.24) is 10.9 Å². The molecular formula is C21H26N2O4. The Labute approximate surface area is 159 Å². The Morgan fingerprint density at radius 3 is 2.19 bits per heavy atom. The van der Waals surface area contributed by atoms with E-state index >= 15 is 0 Å². The molecule has 0 aliphatic heterocycles. The minimum Gasteiger partial charge on any atom is -0.494 e. The summed E-state index contributed by atoms with van der Waals surface area (Å²) in [7, 11) is 0. The smallest absolute Gasteiger partial charge is 0.269 e. The molecule has 144 valence electrons. The molecule has 2 aromatic carbocycles. The van der Waals surface area contributed by atoms with Crippen molar-refractivity contribution in [3.8, 4) is 11.5 Å². The molecule has 0 unspecified atom stereocenters. The van der Waals surface area contributed by atoms with E-state index in [2.05, 4.69) is 24.7 Å². The highest BCUT2D eigenvalue weighted by Crippen LogP contribution is 2.14. The lowest BCUT2D eigenvalue weighted by Crippen LogP contribution is -2.41. The van der Waals surface area contributed by atoms with Crippen LogP contribution < -0.4 is 20.3 Å². The highest BCUT2D eigenvalue weighted by Gasteiger charge is 2.10. The first-order valence-corrected chi connectivity index (χ1v) is 9.06. The van der Waals surface area contributed by atoms with E-state index in [1.165, 1.54) is 0 Å². The van der Waals surface area contributed by atoms with Gasteiger partial charge in [0.1, 0.15) is 11.5 Å². The van der Waals surface area contributed by atoms with Gasteiger partial charge in [0.05, 0.1) is 13.2 Å². The second-order valence-corrected chi connectivity index (χ2v) is 6.51. The molecule has 2 rings (SSSR count). The molecule has 2 aromatic rings. The second kappa shape index (κ2) is 10.2. The molecule has 2 amide bonds. The largest absolute Gasteiger partial charge is 0.494 e. The van der Waals surface area contributed by atoms with Gasteiger partial charge in [-0.05, 0) is 54.8 Å². The summed E-state index contributed by atoms with van der Waals surface area (Å²) in [5.74, 6) is 0.925. The molecule has 0 bridgehead atoms. The maximum atomic E-state index is 12.2. The van der Waals surface area contributed by atoms with E-state index in [0.717, 1.165) is 6.42 Å². The molecule has 0 atom stereocenters. The van der Waals surface area contributed by atoms with Crippen LogP contribution in [0.15, 0.2) is 48.5 Å². The van der Waals surface area contributed by atoms with E-state index in [9.17, 15) is 9.59 Å². The first kappa shape index (κ1) is 20.3. The van der Waals surface area contributed by atoms with Gasteiger partial charge in [-0.3, -0.25) is 20.4 Å². The van der Waals surface area contributed by atoms with Crippen LogP contribution in [-0.2, 0) is 0 Å². The summed E-state index contributed by atoms with van der Waals surface area (Å²) < 4.78 is 11.1. The minimum absolute atomic E-state index is 0.404. The Balaban J connectivity index is 1.88.